The quantitative estimate of drug-likeness (QED) is 0.394. The van der Waals surface area contributed by atoms with Gasteiger partial charge in [0.2, 0.25) is 0 Å². The minimum Gasteiger partial charge on any atom is -0.416 e. The van der Waals surface area contributed by atoms with Crippen LogP contribution in [-0.2, 0) is 13.6 Å². The highest BCUT2D eigenvalue weighted by Crippen LogP contribution is 2.47. The molecule has 0 spiro atoms. The van der Waals surface area contributed by atoms with Gasteiger partial charge in [-0.05, 0) is 12.0 Å². The Morgan fingerprint density at radius 2 is 2.60 bits per heavy atom. The maximum absolute atomic E-state index is 11.0. The smallest absolute Gasteiger partial charge is 0.377 e. The SMILES string of the molecule is C#CC1=CCOP(C)(=O)O1. The van der Waals surface area contributed by atoms with Gasteiger partial charge in [-0.2, -0.15) is 0 Å². The molecule has 3 nitrogen and oxygen atoms in total. The van der Waals surface area contributed by atoms with Crippen molar-refractivity contribution in [2.45, 2.75) is 0 Å². The van der Waals surface area contributed by atoms with Crippen LogP contribution in [0.5, 0.6) is 0 Å². The van der Waals surface area contributed by atoms with Gasteiger partial charge in [0.15, 0.2) is 5.76 Å². The lowest BCUT2D eigenvalue weighted by molar-refractivity contribution is 0.249. The van der Waals surface area contributed by atoms with E-state index in [9.17, 15) is 4.57 Å². The fourth-order valence-corrected chi connectivity index (χ4v) is 1.46. The Hall–Kier alpha value is -0.710. The standard InChI is InChI=1S/C6H7O3P/c1-3-6-4-5-8-10(2,7)9-6/h1,4H,5H2,2H3. The van der Waals surface area contributed by atoms with Crippen LogP contribution >= 0.6 is 7.60 Å². The Morgan fingerprint density at radius 1 is 1.90 bits per heavy atom. The number of rotatable bonds is 0. The van der Waals surface area contributed by atoms with Crippen LogP contribution in [0.25, 0.3) is 0 Å². The molecular weight excluding hydrogens is 151 g/mol. The second-order valence-corrected chi connectivity index (χ2v) is 3.85. The summed E-state index contributed by atoms with van der Waals surface area (Å²) in [6.45, 7) is 1.66. The zero-order valence-corrected chi connectivity index (χ0v) is 6.43. The Balaban J connectivity index is 2.78. The van der Waals surface area contributed by atoms with Crippen molar-refractivity contribution < 1.29 is 13.6 Å². The largest absolute Gasteiger partial charge is 0.416 e. The molecule has 1 aliphatic heterocycles. The average molecular weight is 158 g/mol. The summed E-state index contributed by atoms with van der Waals surface area (Å²) in [7, 11) is -2.87. The number of hydrogen-bond acceptors (Lipinski definition) is 3. The van der Waals surface area contributed by atoms with E-state index in [0.29, 0.717) is 5.76 Å². The summed E-state index contributed by atoms with van der Waals surface area (Å²) in [5.74, 6) is 2.55. The van der Waals surface area contributed by atoms with Crippen molar-refractivity contribution in [3.05, 3.63) is 11.8 Å². The van der Waals surface area contributed by atoms with Gasteiger partial charge in [0.1, 0.15) is 0 Å². The van der Waals surface area contributed by atoms with Crippen LogP contribution in [-0.4, -0.2) is 13.3 Å². The monoisotopic (exact) mass is 158 g/mol. The minimum atomic E-state index is -2.87. The molecule has 0 aliphatic carbocycles. The summed E-state index contributed by atoms with van der Waals surface area (Å²) in [5.41, 5.74) is 0. The Bertz CT molecular complexity index is 248. The van der Waals surface area contributed by atoms with Gasteiger partial charge in [-0.3, -0.25) is 4.52 Å². The van der Waals surface area contributed by atoms with Gasteiger partial charge in [-0.15, -0.1) is 6.42 Å². The van der Waals surface area contributed by atoms with Crippen molar-refractivity contribution in [1.82, 2.24) is 0 Å². The molecule has 0 fully saturated rings. The molecule has 0 saturated carbocycles. The number of terminal acetylenes is 1. The van der Waals surface area contributed by atoms with E-state index in [4.69, 9.17) is 15.5 Å². The van der Waals surface area contributed by atoms with Crippen LogP contribution < -0.4 is 0 Å². The topological polar surface area (TPSA) is 35.5 Å². The van der Waals surface area contributed by atoms with Crippen molar-refractivity contribution in [1.29, 1.82) is 0 Å². The Morgan fingerprint density at radius 3 is 3.00 bits per heavy atom. The van der Waals surface area contributed by atoms with E-state index in [1.54, 1.807) is 6.08 Å². The van der Waals surface area contributed by atoms with E-state index in [-0.39, 0.29) is 6.61 Å². The van der Waals surface area contributed by atoms with Crippen molar-refractivity contribution in [3.8, 4) is 12.3 Å². The lowest BCUT2D eigenvalue weighted by atomic mass is 10.5. The highest BCUT2D eigenvalue weighted by Gasteiger charge is 2.22. The van der Waals surface area contributed by atoms with Gasteiger partial charge in [0.05, 0.1) is 6.61 Å². The molecule has 0 amide bonds. The summed E-state index contributed by atoms with van der Waals surface area (Å²) in [6, 6.07) is 0. The van der Waals surface area contributed by atoms with E-state index in [0.717, 1.165) is 0 Å². The van der Waals surface area contributed by atoms with Crippen molar-refractivity contribution in [3.63, 3.8) is 0 Å². The molecule has 0 saturated heterocycles. The van der Waals surface area contributed by atoms with Crippen molar-refractivity contribution in [2.24, 2.45) is 0 Å². The maximum Gasteiger partial charge on any atom is 0.377 e. The average Bonchev–Trinajstić information content (AvgIpc) is 1.86. The third-order valence-electron chi connectivity index (χ3n) is 0.984. The molecule has 1 heterocycles. The molecule has 54 valence electrons. The molecule has 4 heteroatoms. The fraction of sp³-hybridized carbons (Fsp3) is 0.333. The summed E-state index contributed by atoms with van der Waals surface area (Å²) in [4.78, 5) is 0. The lowest BCUT2D eigenvalue weighted by Gasteiger charge is -2.17. The van der Waals surface area contributed by atoms with Crippen molar-refractivity contribution in [2.75, 3.05) is 13.3 Å². The molecule has 0 aromatic heterocycles. The first-order valence-electron chi connectivity index (χ1n) is 2.72. The third-order valence-corrected chi connectivity index (χ3v) is 2.13. The lowest BCUT2D eigenvalue weighted by Crippen LogP contribution is -2.01. The van der Waals surface area contributed by atoms with E-state index in [2.05, 4.69) is 5.92 Å². The predicted octanol–water partition coefficient (Wildman–Crippen LogP) is 1.37. The second kappa shape index (κ2) is 2.49. The van der Waals surface area contributed by atoms with Crippen LogP contribution in [0.15, 0.2) is 11.8 Å². The zero-order valence-electron chi connectivity index (χ0n) is 5.53. The van der Waals surface area contributed by atoms with Gasteiger partial charge in [0.25, 0.3) is 0 Å². The van der Waals surface area contributed by atoms with Crippen LogP contribution in [0.4, 0.5) is 0 Å². The molecular formula is C6H7O3P. The molecule has 1 atom stereocenters. The highest BCUT2D eigenvalue weighted by atomic mass is 31.2. The Labute approximate surface area is 59.6 Å². The summed E-state index contributed by atoms with van der Waals surface area (Å²) < 4.78 is 20.6. The van der Waals surface area contributed by atoms with Crippen LogP contribution in [0.2, 0.25) is 0 Å². The predicted molar refractivity (Wildman–Crippen MR) is 37.5 cm³/mol. The maximum atomic E-state index is 11.0. The molecule has 0 bridgehead atoms. The van der Waals surface area contributed by atoms with E-state index in [1.165, 1.54) is 6.66 Å². The second-order valence-electron chi connectivity index (χ2n) is 1.87. The number of hydrogen-bond donors (Lipinski definition) is 0. The molecule has 0 radical (unpaired) electrons. The first-order chi connectivity index (χ1) is 4.64. The number of allylic oxidation sites excluding steroid dienone is 1. The Kier molecular flexibility index (Phi) is 1.85. The van der Waals surface area contributed by atoms with Crippen LogP contribution in [0.1, 0.15) is 0 Å². The summed E-state index contributed by atoms with van der Waals surface area (Å²) in [6.07, 6.45) is 6.57. The van der Waals surface area contributed by atoms with Crippen LogP contribution in [0.3, 0.4) is 0 Å². The molecule has 0 aromatic carbocycles. The van der Waals surface area contributed by atoms with Gasteiger partial charge in [-0.1, -0.05) is 0 Å². The summed E-state index contributed by atoms with van der Waals surface area (Å²) in [5, 5.41) is 0. The molecule has 1 aliphatic rings. The molecule has 1 unspecified atom stereocenters. The molecule has 0 N–H and O–H groups in total. The van der Waals surface area contributed by atoms with Crippen LogP contribution in [0, 0.1) is 12.3 Å². The first kappa shape index (κ1) is 7.40. The van der Waals surface area contributed by atoms with Gasteiger partial charge >= 0.3 is 7.60 Å². The van der Waals surface area contributed by atoms with Gasteiger partial charge in [0, 0.05) is 6.66 Å². The third kappa shape index (κ3) is 1.63. The zero-order chi connectivity index (χ0) is 7.61. The van der Waals surface area contributed by atoms with Crippen molar-refractivity contribution >= 4 is 7.60 Å². The van der Waals surface area contributed by atoms with Gasteiger partial charge < -0.3 is 4.52 Å². The van der Waals surface area contributed by atoms with E-state index < -0.39 is 7.60 Å². The van der Waals surface area contributed by atoms with E-state index >= 15 is 0 Å². The molecule has 10 heavy (non-hydrogen) atoms. The van der Waals surface area contributed by atoms with Gasteiger partial charge in [-0.25, -0.2) is 4.57 Å². The normalized spacial score (nSPS) is 31.8. The molecule has 0 aromatic rings. The fourth-order valence-electron chi connectivity index (χ4n) is 0.576. The highest BCUT2D eigenvalue weighted by molar-refractivity contribution is 7.53. The molecule has 1 rings (SSSR count). The minimum absolute atomic E-state index is 0.271. The first-order valence-corrected chi connectivity index (χ1v) is 4.71. The van der Waals surface area contributed by atoms with E-state index in [1.807, 2.05) is 0 Å². The summed E-state index contributed by atoms with van der Waals surface area (Å²) >= 11 is 0.